The van der Waals surface area contributed by atoms with E-state index in [-0.39, 0.29) is 0 Å². The molecule has 1 aliphatic carbocycles. The molecular formula is C17H27N. The molecule has 0 N–H and O–H groups in total. The third-order valence-corrected chi connectivity index (χ3v) is 4.17. The average Bonchev–Trinajstić information content (AvgIpc) is 2.72. The number of hydrogen-bond donors (Lipinski definition) is 0. The summed E-state index contributed by atoms with van der Waals surface area (Å²) in [5.74, 6) is 0.774. The van der Waals surface area contributed by atoms with Crippen molar-refractivity contribution in [3.63, 3.8) is 0 Å². The highest BCUT2D eigenvalue weighted by atomic mass is 14.8. The first kappa shape index (κ1) is 13.6. The minimum absolute atomic E-state index is 0.441. The van der Waals surface area contributed by atoms with Crippen LogP contribution in [-0.4, -0.2) is 12.3 Å². The summed E-state index contributed by atoms with van der Waals surface area (Å²) in [6.45, 7) is 8.00. The Balaban J connectivity index is 2.06. The molecular weight excluding hydrogens is 218 g/mol. The molecule has 1 nitrogen and oxygen atoms in total. The van der Waals surface area contributed by atoms with Gasteiger partial charge < -0.3 is 0 Å². The molecule has 1 aliphatic heterocycles. The summed E-state index contributed by atoms with van der Waals surface area (Å²) in [6.07, 6.45) is 14.3. The molecule has 0 saturated heterocycles. The fraction of sp³-hybridized carbons (Fsp3) is 0.706. The Morgan fingerprint density at radius 3 is 2.78 bits per heavy atom. The number of rotatable bonds is 5. The summed E-state index contributed by atoms with van der Waals surface area (Å²) in [7, 11) is 0. The van der Waals surface area contributed by atoms with Crippen LogP contribution in [0.25, 0.3) is 0 Å². The predicted octanol–water partition coefficient (Wildman–Crippen LogP) is 4.94. The summed E-state index contributed by atoms with van der Waals surface area (Å²) in [6, 6.07) is 0. The van der Waals surface area contributed by atoms with Crippen molar-refractivity contribution in [2.24, 2.45) is 16.3 Å². The van der Waals surface area contributed by atoms with Crippen LogP contribution in [0.5, 0.6) is 0 Å². The molecule has 18 heavy (non-hydrogen) atoms. The molecule has 0 radical (unpaired) electrons. The van der Waals surface area contributed by atoms with E-state index < -0.39 is 0 Å². The fourth-order valence-corrected chi connectivity index (χ4v) is 3.54. The normalized spacial score (nSPS) is 27.6. The molecule has 0 amide bonds. The van der Waals surface area contributed by atoms with Crippen molar-refractivity contribution in [2.45, 2.75) is 59.3 Å². The van der Waals surface area contributed by atoms with Crippen LogP contribution in [0.3, 0.4) is 0 Å². The van der Waals surface area contributed by atoms with Gasteiger partial charge in [0.25, 0.3) is 0 Å². The number of aliphatic imine (C=N–C) groups is 1. The number of hydrogen-bond acceptors (Lipinski definition) is 1. The highest BCUT2D eigenvalue weighted by molar-refractivity contribution is 5.86. The van der Waals surface area contributed by atoms with E-state index >= 15 is 0 Å². The maximum absolute atomic E-state index is 4.80. The van der Waals surface area contributed by atoms with Crippen LogP contribution in [0.15, 0.2) is 28.8 Å². The molecule has 1 atom stereocenters. The van der Waals surface area contributed by atoms with Crippen molar-refractivity contribution >= 4 is 5.71 Å². The quantitative estimate of drug-likeness (QED) is 0.650. The molecule has 100 valence electrons. The maximum Gasteiger partial charge on any atom is 0.0451 e. The monoisotopic (exact) mass is 245 g/mol. The van der Waals surface area contributed by atoms with Gasteiger partial charge in [-0.1, -0.05) is 44.6 Å². The fourth-order valence-electron chi connectivity index (χ4n) is 3.54. The predicted molar refractivity (Wildman–Crippen MR) is 80.2 cm³/mol. The molecule has 0 fully saturated rings. The van der Waals surface area contributed by atoms with Crippen LogP contribution in [0.1, 0.15) is 59.3 Å². The molecule has 2 aliphatic rings. The highest BCUT2D eigenvalue weighted by Crippen LogP contribution is 2.42. The first-order chi connectivity index (χ1) is 8.63. The van der Waals surface area contributed by atoms with Crippen LogP contribution >= 0.6 is 0 Å². The van der Waals surface area contributed by atoms with Crippen LogP contribution in [0, 0.1) is 11.3 Å². The van der Waals surface area contributed by atoms with E-state index in [2.05, 4.69) is 39.0 Å². The third kappa shape index (κ3) is 3.34. The van der Waals surface area contributed by atoms with Crippen LogP contribution < -0.4 is 0 Å². The SMILES string of the molecule is CCC1=NCC(CC2=CC=CCC2)(CC(C)C)C1. The van der Waals surface area contributed by atoms with E-state index in [1.54, 1.807) is 5.57 Å². The lowest BCUT2D eigenvalue weighted by molar-refractivity contribution is 0.256. The van der Waals surface area contributed by atoms with E-state index in [1.165, 1.54) is 37.8 Å². The molecule has 0 aromatic carbocycles. The Morgan fingerprint density at radius 1 is 1.39 bits per heavy atom. The Morgan fingerprint density at radius 2 is 2.22 bits per heavy atom. The number of nitrogens with zero attached hydrogens (tertiary/aromatic N) is 1. The standard InChI is InChI=1S/C17H27N/c1-4-16-12-17(13-18-16,10-14(2)3)11-15-8-6-5-7-9-15/h5-6,8,14H,4,7,9-13H2,1-3H3. The first-order valence-electron chi connectivity index (χ1n) is 7.50. The lowest BCUT2D eigenvalue weighted by Crippen LogP contribution is -2.25. The zero-order chi connectivity index (χ0) is 13.0. The van der Waals surface area contributed by atoms with Gasteiger partial charge in [-0.05, 0) is 49.9 Å². The topological polar surface area (TPSA) is 12.4 Å². The second kappa shape index (κ2) is 5.86. The summed E-state index contributed by atoms with van der Waals surface area (Å²) < 4.78 is 0. The smallest absolute Gasteiger partial charge is 0.0451 e. The molecule has 0 spiro atoms. The van der Waals surface area contributed by atoms with Crippen molar-refractivity contribution < 1.29 is 0 Å². The molecule has 1 heteroatoms. The molecule has 0 saturated carbocycles. The summed E-state index contributed by atoms with van der Waals surface area (Å²) >= 11 is 0. The second-order valence-electron chi connectivity index (χ2n) is 6.48. The Labute approximate surface area is 112 Å². The molecule has 1 unspecified atom stereocenters. The van der Waals surface area contributed by atoms with Crippen LogP contribution in [-0.2, 0) is 0 Å². The van der Waals surface area contributed by atoms with Gasteiger partial charge in [-0.3, -0.25) is 4.99 Å². The van der Waals surface area contributed by atoms with E-state index in [0.29, 0.717) is 5.41 Å². The van der Waals surface area contributed by atoms with Gasteiger partial charge in [-0.2, -0.15) is 0 Å². The van der Waals surface area contributed by atoms with Gasteiger partial charge in [-0.25, -0.2) is 0 Å². The van der Waals surface area contributed by atoms with Crippen molar-refractivity contribution in [3.8, 4) is 0 Å². The maximum atomic E-state index is 4.80. The van der Waals surface area contributed by atoms with E-state index in [9.17, 15) is 0 Å². The van der Waals surface area contributed by atoms with Gasteiger partial charge in [0.05, 0.1) is 0 Å². The zero-order valence-electron chi connectivity index (χ0n) is 12.2. The van der Waals surface area contributed by atoms with Crippen LogP contribution in [0.4, 0.5) is 0 Å². The molecule has 0 aromatic rings. The second-order valence-corrected chi connectivity index (χ2v) is 6.48. The molecule has 0 bridgehead atoms. The Kier molecular flexibility index (Phi) is 4.42. The summed E-state index contributed by atoms with van der Waals surface area (Å²) in [5.41, 5.74) is 3.53. The lowest BCUT2D eigenvalue weighted by atomic mass is 9.72. The minimum Gasteiger partial charge on any atom is -0.294 e. The van der Waals surface area contributed by atoms with Gasteiger partial charge in [0.2, 0.25) is 0 Å². The third-order valence-electron chi connectivity index (χ3n) is 4.17. The van der Waals surface area contributed by atoms with Crippen molar-refractivity contribution in [3.05, 3.63) is 23.8 Å². The van der Waals surface area contributed by atoms with Crippen LogP contribution in [0.2, 0.25) is 0 Å². The summed E-state index contributed by atoms with van der Waals surface area (Å²) in [5, 5.41) is 0. The van der Waals surface area contributed by atoms with Gasteiger partial charge >= 0.3 is 0 Å². The number of allylic oxidation sites excluding steroid dienone is 4. The minimum atomic E-state index is 0.441. The van der Waals surface area contributed by atoms with E-state index in [1.807, 2.05) is 0 Å². The van der Waals surface area contributed by atoms with E-state index in [4.69, 9.17) is 4.99 Å². The van der Waals surface area contributed by atoms with Gasteiger partial charge in [0.15, 0.2) is 0 Å². The van der Waals surface area contributed by atoms with Gasteiger partial charge in [-0.15, -0.1) is 0 Å². The lowest BCUT2D eigenvalue weighted by Gasteiger charge is -2.32. The Hall–Kier alpha value is -0.850. The molecule has 2 rings (SSSR count). The first-order valence-corrected chi connectivity index (χ1v) is 7.50. The highest BCUT2D eigenvalue weighted by Gasteiger charge is 2.36. The van der Waals surface area contributed by atoms with Gasteiger partial charge in [0.1, 0.15) is 0 Å². The average molecular weight is 245 g/mol. The van der Waals surface area contributed by atoms with Crippen molar-refractivity contribution in [2.75, 3.05) is 6.54 Å². The van der Waals surface area contributed by atoms with Crippen molar-refractivity contribution in [1.82, 2.24) is 0 Å². The molecule has 1 heterocycles. The van der Waals surface area contributed by atoms with Crippen molar-refractivity contribution in [1.29, 1.82) is 0 Å². The van der Waals surface area contributed by atoms with E-state index in [0.717, 1.165) is 18.9 Å². The molecule has 0 aromatic heterocycles. The Bertz CT molecular complexity index is 373. The largest absolute Gasteiger partial charge is 0.294 e. The zero-order valence-corrected chi connectivity index (χ0v) is 12.2. The van der Waals surface area contributed by atoms with Gasteiger partial charge in [0, 0.05) is 12.3 Å². The summed E-state index contributed by atoms with van der Waals surface area (Å²) in [4.78, 5) is 4.80.